The molecule has 0 saturated carbocycles. The van der Waals surface area contributed by atoms with Gasteiger partial charge in [-0.1, -0.05) is 43.1 Å². The third-order valence-electron chi connectivity index (χ3n) is 6.08. The molecule has 0 spiro atoms. The van der Waals surface area contributed by atoms with Gasteiger partial charge in [-0.05, 0) is 62.1 Å². The highest BCUT2D eigenvalue weighted by Crippen LogP contribution is 2.27. The lowest BCUT2D eigenvalue weighted by molar-refractivity contribution is -0.140. The number of methoxy groups -OCH3 is 1. The molecule has 0 bridgehead atoms. The number of ether oxygens (including phenoxy) is 1. The SMILES string of the molecule is CCCCNC(=O)[C@@H](C)N(Cc1cccc(OC)c1)C(=O)CCCN(c1cc(Cl)ccc1C)S(C)(=O)=O. The largest absolute Gasteiger partial charge is 0.497 e. The molecule has 2 aromatic rings. The third-order valence-corrected chi connectivity index (χ3v) is 7.49. The molecular weight excluding hydrogens is 514 g/mol. The van der Waals surface area contributed by atoms with E-state index in [1.807, 2.05) is 38.1 Å². The van der Waals surface area contributed by atoms with Crippen molar-refractivity contribution >= 4 is 39.1 Å². The van der Waals surface area contributed by atoms with Crippen LogP contribution < -0.4 is 14.4 Å². The molecule has 1 N–H and O–H groups in total. The van der Waals surface area contributed by atoms with E-state index in [4.69, 9.17) is 16.3 Å². The lowest BCUT2D eigenvalue weighted by Crippen LogP contribution is -2.48. The van der Waals surface area contributed by atoms with Crippen molar-refractivity contribution in [3.8, 4) is 5.75 Å². The van der Waals surface area contributed by atoms with Crippen LogP contribution in [0.2, 0.25) is 5.02 Å². The van der Waals surface area contributed by atoms with Gasteiger partial charge in [-0.25, -0.2) is 8.42 Å². The number of anilines is 1. The minimum Gasteiger partial charge on any atom is -0.497 e. The normalized spacial score (nSPS) is 12.1. The van der Waals surface area contributed by atoms with Crippen LogP contribution >= 0.6 is 11.6 Å². The molecule has 2 amide bonds. The van der Waals surface area contributed by atoms with Gasteiger partial charge in [0.05, 0.1) is 19.1 Å². The number of carbonyl (C=O) groups excluding carboxylic acids is 2. The van der Waals surface area contributed by atoms with E-state index in [1.165, 1.54) is 9.21 Å². The molecule has 0 heterocycles. The van der Waals surface area contributed by atoms with Gasteiger partial charge in [-0.15, -0.1) is 0 Å². The van der Waals surface area contributed by atoms with Crippen molar-refractivity contribution in [2.45, 2.75) is 59.0 Å². The number of carbonyl (C=O) groups is 2. The van der Waals surface area contributed by atoms with Crippen LogP contribution in [0.5, 0.6) is 5.75 Å². The van der Waals surface area contributed by atoms with Crippen LogP contribution in [-0.2, 0) is 26.2 Å². The zero-order valence-corrected chi connectivity index (χ0v) is 23.9. The first-order valence-corrected chi connectivity index (χ1v) is 14.6. The molecule has 0 aliphatic heterocycles. The average Bonchev–Trinajstić information content (AvgIpc) is 2.85. The average molecular weight is 552 g/mol. The summed E-state index contributed by atoms with van der Waals surface area (Å²) in [6.07, 6.45) is 3.28. The summed E-state index contributed by atoms with van der Waals surface area (Å²) < 4.78 is 31.7. The van der Waals surface area contributed by atoms with Crippen LogP contribution in [0.3, 0.4) is 0 Å². The number of nitrogens with one attached hydrogen (secondary N) is 1. The number of nitrogens with zero attached hydrogens (tertiary/aromatic N) is 2. The summed E-state index contributed by atoms with van der Waals surface area (Å²) in [4.78, 5) is 27.7. The number of hydrogen-bond acceptors (Lipinski definition) is 5. The van der Waals surface area contributed by atoms with Crippen molar-refractivity contribution in [1.29, 1.82) is 0 Å². The number of amides is 2. The molecule has 0 aromatic heterocycles. The zero-order chi connectivity index (χ0) is 27.6. The number of hydrogen-bond donors (Lipinski definition) is 1. The van der Waals surface area contributed by atoms with Crippen molar-refractivity contribution in [3.63, 3.8) is 0 Å². The molecule has 0 aliphatic rings. The second kappa shape index (κ2) is 14.2. The number of aryl methyl sites for hydroxylation is 1. The Bertz CT molecular complexity index is 1170. The maximum atomic E-state index is 13.4. The van der Waals surface area contributed by atoms with E-state index in [-0.39, 0.29) is 37.7 Å². The topological polar surface area (TPSA) is 96.0 Å². The van der Waals surface area contributed by atoms with Crippen LogP contribution in [0.25, 0.3) is 0 Å². The second-order valence-corrected chi connectivity index (χ2v) is 11.4. The Morgan fingerprint density at radius 1 is 1.14 bits per heavy atom. The highest BCUT2D eigenvalue weighted by atomic mass is 35.5. The molecule has 10 heteroatoms. The van der Waals surface area contributed by atoms with Gasteiger partial charge in [-0.3, -0.25) is 13.9 Å². The van der Waals surface area contributed by atoms with Gasteiger partial charge in [0.25, 0.3) is 0 Å². The number of halogens is 1. The van der Waals surface area contributed by atoms with E-state index in [9.17, 15) is 18.0 Å². The maximum absolute atomic E-state index is 13.4. The molecule has 2 rings (SSSR count). The summed E-state index contributed by atoms with van der Waals surface area (Å²) >= 11 is 6.12. The van der Waals surface area contributed by atoms with Gasteiger partial charge >= 0.3 is 0 Å². The van der Waals surface area contributed by atoms with E-state index in [0.29, 0.717) is 23.0 Å². The number of sulfonamides is 1. The summed E-state index contributed by atoms with van der Waals surface area (Å²) in [6, 6.07) is 11.7. The third kappa shape index (κ3) is 9.23. The maximum Gasteiger partial charge on any atom is 0.242 e. The van der Waals surface area contributed by atoms with Crippen molar-refractivity contribution < 1.29 is 22.7 Å². The Kier molecular flexibility index (Phi) is 11.7. The monoisotopic (exact) mass is 551 g/mol. The van der Waals surface area contributed by atoms with Crippen LogP contribution in [0.1, 0.15) is 50.7 Å². The Hall–Kier alpha value is -2.78. The second-order valence-electron chi connectivity index (χ2n) is 9.06. The highest BCUT2D eigenvalue weighted by Gasteiger charge is 2.27. The first kappa shape index (κ1) is 30.4. The molecule has 0 radical (unpaired) electrons. The fourth-order valence-electron chi connectivity index (χ4n) is 3.92. The predicted octanol–water partition coefficient (Wildman–Crippen LogP) is 4.54. The Balaban J connectivity index is 2.20. The van der Waals surface area contributed by atoms with Crippen LogP contribution in [0, 0.1) is 6.92 Å². The molecule has 37 heavy (non-hydrogen) atoms. The lowest BCUT2D eigenvalue weighted by atomic mass is 10.1. The van der Waals surface area contributed by atoms with Crippen LogP contribution in [0.15, 0.2) is 42.5 Å². The summed E-state index contributed by atoms with van der Waals surface area (Å²) in [5.41, 5.74) is 2.07. The minimum atomic E-state index is -3.60. The number of unbranched alkanes of at least 4 members (excludes halogenated alkanes) is 1. The minimum absolute atomic E-state index is 0.0716. The van der Waals surface area contributed by atoms with Crippen LogP contribution in [0.4, 0.5) is 5.69 Å². The van der Waals surface area contributed by atoms with E-state index < -0.39 is 16.1 Å². The van der Waals surface area contributed by atoms with E-state index in [0.717, 1.165) is 30.2 Å². The molecule has 1 atom stereocenters. The molecule has 0 aliphatic carbocycles. The van der Waals surface area contributed by atoms with Gasteiger partial charge < -0.3 is 15.0 Å². The molecule has 8 nitrogen and oxygen atoms in total. The standard InChI is InChI=1S/C27H38ClN3O5S/c1-6-7-15-29-27(33)21(3)30(19-22-10-8-11-24(17-22)36-4)26(32)12-9-16-31(37(5,34)35)25-18-23(28)14-13-20(25)2/h8,10-11,13-14,17-18,21H,6-7,9,12,15-16,19H2,1-5H3,(H,29,33)/t21-/m1/s1. The predicted molar refractivity (Wildman–Crippen MR) is 149 cm³/mol. The fraction of sp³-hybridized carbons (Fsp3) is 0.481. The summed E-state index contributed by atoms with van der Waals surface area (Å²) in [7, 11) is -2.03. The van der Waals surface area contributed by atoms with E-state index >= 15 is 0 Å². The highest BCUT2D eigenvalue weighted by molar-refractivity contribution is 7.92. The summed E-state index contributed by atoms with van der Waals surface area (Å²) in [5, 5.41) is 3.33. The summed E-state index contributed by atoms with van der Waals surface area (Å²) in [6.45, 7) is 6.43. The fourth-order valence-corrected chi connectivity index (χ4v) is 5.10. The smallest absolute Gasteiger partial charge is 0.242 e. The van der Waals surface area contributed by atoms with Crippen molar-refractivity contribution in [1.82, 2.24) is 10.2 Å². The van der Waals surface area contributed by atoms with Crippen molar-refractivity contribution in [3.05, 3.63) is 58.6 Å². The summed E-state index contributed by atoms with van der Waals surface area (Å²) in [5.74, 6) is 0.194. The Morgan fingerprint density at radius 2 is 1.86 bits per heavy atom. The molecule has 204 valence electrons. The molecular formula is C27H38ClN3O5S. The van der Waals surface area contributed by atoms with Gasteiger partial charge in [0, 0.05) is 31.1 Å². The lowest BCUT2D eigenvalue weighted by Gasteiger charge is -2.29. The zero-order valence-electron chi connectivity index (χ0n) is 22.3. The number of rotatable bonds is 14. The quantitative estimate of drug-likeness (QED) is 0.348. The molecule has 0 unspecified atom stereocenters. The van der Waals surface area contributed by atoms with Gasteiger partial charge in [0.15, 0.2) is 0 Å². The Labute approximate surface area is 226 Å². The Morgan fingerprint density at radius 3 is 2.51 bits per heavy atom. The molecule has 0 saturated heterocycles. The van der Waals surface area contributed by atoms with E-state index in [1.54, 1.807) is 32.2 Å². The first-order valence-electron chi connectivity index (χ1n) is 12.4. The van der Waals surface area contributed by atoms with Gasteiger partial charge in [0.2, 0.25) is 21.8 Å². The van der Waals surface area contributed by atoms with Gasteiger partial charge in [-0.2, -0.15) is 0 Å². The number of benzene rings is 2. The molecule has 0 fully saturated rings. The van der Waals surface area contributed by atoms with Crippen LogP contribution in [-0.4, -0.2) is 57.6 Å². The van der Waals surface area contributed by atoms with E-state index in [2.05, 4.69) is 5.32 Å². The van der Waals surface area contributed by atoms with Crippen molar-refractivity contribution in [2.24, 2.45) is 0 Å². The molecule has 2 aromatic carbocycles. The van der Waals surface area contributed by atoms with Crippen molar-refractivity contribution in [2.75, 3.05) is 30.8 Å². The van der Waals surface area contributed by atoms with Gasteiger partial charge in [0.1, 0.15) is 11.8 Å². The first-order chi connectivity index (χ1) is 17.5.